The molecule has 0 unspecified atom stereocenters. The standard InChI is InChI=1S/C22H27N7O/c30-21(8-7-19-17-26-29(18-19)20-5-2-1-3-6-20)23-11-12-27-13-15-28(16-14-27)22-24-9-4-10-25-22/h1-6,9-10,17-18H,7-8,11-16H2,(H,23,30). The molecule has 1 fully saturated rings. The number of para-hydroxylation sites is 1. The summed E-state index contributed by atoms with van der Waals surface area (Å²) < 4.78 is 1.84. The summed E-state index contributed by atoms with van der Waals surface area (Å²) in [6, 6.07) is 11.8. The first-order chi connectivity index (χ1) is 14.8. The lowest BCUT2D eigenvalue weighted by Crippen LogP contribution is -2.49. The second-order valence-electron chi connectivity index (χ2n) is 7.36. The van der Waals surface area contributed by atoms with Crippen LogP contribution in [0.1, 0.15) is 12.0 Å². The van der Waals surface area contributed by atoms with Crippen molar-refractivity contribution in [1.29, 1.82) is 0 Å². The number of hydrogen-bond donors (Lipinski definition) is 1. The van der Waals surface area contributed by atoms with Gasteiger partial charge < -0.3 is 10.2 Å². The molecule has 1 aliphatic heterocycles. The minimum Gasteiger partial charge on any atom is -0.355 e. The molecule has 2 aromatic heterocycles. The molecule has 1 N–H and O–H groups in total. The summed E-state index contributed by atoms with van der Waals surface area (Å²) in [5.41, 5.74) is 2.08. The highest BCUT2D eigenvalue weighted by Gasteiger charge is 2.18. The first-order valence-electron chi connectivity index (χ1n) is 10.4. The third-order valence-corrected chi connectivity index (χ3v) is 5.26. The number of amides is 1. The summed E-state index contributed by atoms with van der Waals surface area (Å²) in [6.45, 7) is 5.25. The first kappa shape index (κ1) is 20.0. The maximum Gasteiger partial charge on any atom is 0.225 e. The van der Waals surface area contributed by atoms with Gasteiger partial charge in [-0.25, -0.2) is 14.6 Å². The molecule has 0 saturated carbocycles. The zero-order valence-corrected chi connectivity index (χ0v) is 17.0. The van der Waals surface area contributed by atoms with Gasteiger partial charge in [-0.1, -0.05) is 18.2 Å². The Bertz CT molecular complexity index is 921. The zero-order chi connectivity index (χ0) is 20.6. The van der Waals surface area contributed by atoms with Gasteiger partial charge in [0.1, 0.15) is 0 Å². The number of hydrogen-bond acceptors (Lipinski definition) is 6. The van der Waals surface area contributed by atoms with Crippen molar-refractivity contribution in [3.63, 3.8) is 0 Å². The van der Waals surface area contributed by atoms with Gasteiger partial charge in [-0.05, 0) is 30.2 Å². The van der Waals surface area contributed by atoms with Crippen LogP contribution in [0.5, 0.6) is 0 Å². The summed E-state index contributed by atoms with van der Waals surface area (Å²) >= 11 is 0. The van der Waals surface area contributed by atoms with Crippen molar-refractivity contribution >= 4 is 11.9 Å². The van der Waals surface area contributed by atoms with E-state index in [9.17, 15) is 4.79 Å². The number of carbonyl (C=O) groups is 1. The predicted molar refractivity (Wildman–Crippen MR) is 116 cm³/mol. The van der Waals surface area contributed by atoms with Gasteiger partial charge in [-0.3, -0.25) is 9.69 Å². The van der Waals surface area contributed by atoms with E-state index in [2.05, 4.69) is 30.2 Å². The van der Waals surface area contributed by atoms with Gasteiger partial charge in [0.2, 0.25) is 11.9 Å². The Kier molecular flexibility index (Phi) is 6.66. The first-order valence-corrected chi connectivity index (χ1v) is 10.4. The Balaban J connectivity index is 1.13. The Labute approximate surface area is 176 Å². The van der Waals surface area contributed by atoms with Crippen LogP contribution in [-0.2, 0) is 11.2 Å². The molecule has 1 amide bonds. The van der Waals surface area contributed by atoms with Crippen LogP contribution in [0.25, 0.3) is 5.69 Å². The highest BCUT2D eigenvalue weighted by molar-refractivity contribution is 5.76. The van der Waals surface area contributed by atoms with E-state index in [1.165, 1.54) is 0 Å². The second-order valence-corrected chi connectivity index (χ2v) is 7.36. The van der Waals surface area contributed by atoms with Gasteiger partial charge >= 0.3 is 0 Å². The van der Waals surface area contributed by atoms with Gasteiger partial charge in [0, 0.05) is 64.3 Å². The van der Waals surface area contributed by atoms with Crippen LogP contribution in [0.2, 0.25) is 0 Å². The molecule has 4 rings (SSSR count). The highest BCUT2D eigenvalue weighted by atomic mass is 16.1. The normalized spacial score (nSPS) is 14.6. The molecule has 1 saturated heterocycles. The van der Waals surface area contributed by atoms with E-state index >= 15 is 0 Å². The van der Waals surface area contributed by atoms with Crippen molar-refractivity contribution in [3.05, 3.63) is 66.7 Å². The average Bonchev–Trinajstić information content (AvgIpc) is 3.29. The SMILES string of the molecule is O=C(CCc1cnn(-c2ccccc2)c1)NCCN1CCN(c2ncccn2)CC1. The molecule has 0 bridgehead atoms. The van der Waals surface area contributed by atoms with Crippen molar-refractivity contribution in [1.82, 2.24) is 30.0 Å². The molecule has 30 heavy (non-hydrogen) atoms. The fourth-order valence-corrected chi connectivity index (χ4v) is 3.54. The van der Waals surface area contributed by atoms with Gasteiger partial charge in [0.05, 0.1) is 11.9 Å². The Morgan fingerprint density at radius 2 is 1.77 bits per heavy atom. The van der Waals surface area contributed by atoms with Crippen LogP contribution in [0.4, 0.5) is 5.95 Å². The maximum atomic E-state index is 12.2. The summed E-state index contributed by atoms with van der Waals surface area (Å²) in [5, 5.41) is 7.42. The summed E-state index contributed by atoms with van der Waals surface area (Å²) in [6.07, 6.45) is 8.52. The molecule has 8 nitrogen and oxygen atoms in total. The molecule has 1 aromatic carbocycles. The summed E-state index contributed by atoms with van der Waals surface area (Å²) in [7, 11) is 0. The van der Waals surface area contributed by atoms with Gasteiger partial charge in [-0.2, -0.15) is 5.10 Å². The minimum absolute atomic E-state index is 0.0822. The quantitative estimate of drug-likeness (QED) is 0.612. The van der Waals surface area contributed by atoms with Gasteiger partial charge in [-0.15, -0.1) is 0 Å². The van der Waals surface area contributed by atoms with Gasteiger partial charge in [0.25, 0.3) is 0 Å². The van der Waals surface area contributed by atoms with Crippen molar-refractivity contribution in [2.75, 3.05) is 44.2 Å². The number of aromatic nitrogens is 4. The van der Waals surface area contributed by atoms with Crippen molar-refractivity contribution in [2.24, 2.45) is 0 Å². The van der Waals surface area contributed by atoms with Crippen LogP contribution >= 0.6 is 0 Å². The van der Waals surface area contributed by atoms with Gasteiger partial charge in [0.15, 0.2) is 0 Å². The molecule has 0 radical (unpaired) electrons. The number of nitrogens with one attached hydrogen (secondary N) is 1. The van der Waals surface area contributed by atoms with Crippen LogP contribution < -0.4 is 10.2 Å². The van der Waals surface area contributed by atoms with E-state index in [-0.39, 0.29) is 5.91 Å². The summed E-state index contributed by atoms with van der Waals surface area (Å²) in [4.78, 5) is 25.4. The Morgan fingerprint density at radius 3 is 2.53 bits per heavy atom. The van der Waals surface area contributed by atoms with Crippen molar-refractivity contribution < 1.29 is 4.79 Å². The lowest BCUT2D eigenvalue weighted by Gasteiger charge is -2.34. The molecule has 8 heteroatoms. The fraction of sp³-hybridized carbons (Fsp3) is 0.364. The number of nitrogens with zero attached hydrogens (tertiary/aromatic N) is 6. The number of rotatable bonds is 8. The molecule has 0 aliphatic carbocycles. The fourth-order valence-electron chi connectivity index (χ4n) is 3.54. The van der Waals surface area contributed by atoms with E-state index in [1.807, 2.05) is 53.5 Å². The highest BCUT2D eigenvalue weighted by Crippen LogP contribution is 2.10. The molecule has 3 heterocycles. The predicted octanol–water partition coefficient (Wildman–Crippen LogP) is 1.53. The Hall–Kier alpha value is -3.26. The number of anilines is 1. The molecular weight excluding hydrogens is 378 g/mol. The minimum atomic E-state index is 0.0822. The zero-order valence-electron chi connectivity index (χ0n) is 17.0. The maximum absolute atomic E-state index is 12.2. The monoisotopic (exact) mass is 405 g/mol. The average molecular weight is 406 g/mol. The van der Waals surface area contributed by atoms with Crippen LogP contribution in [-0.4, -0.2) is 69.8 Å². The van der Waals surface area contributed by atoms with Crippen LogP contribution in [0.15, 0.2) is 61.2 Å². The van der Waals surface area contributed by atoms with E-state index in [0.717, 1.165) is 49.9 Å². The molecule has 3 aromatic rings. The van der Waals surface area contributed by atoms with E-state index in [4.69, 9.17) is 0 Å². The third-order valence-electron chi connectivity index (χ3n) is 5.26. The number of piperazine rings is 1. The molecular formula is C22H27N7O. The third kappa shape index (κ3) is 5.42. The van der Waals surface area contributed by atoms with E-state index in [0.29, 0.717) is 19.4 Å². The smallest absolute Gasteiger partial charge is 0.225 e. The molecule has 0 spiro atoms. The molecule has 0 atom stereocenters. The molecule has 156 valence electrons. The number of carbonyl (C=O) groups excluding carboxylic acids is 1. The van der Waals surface area contributed by atoms with E-state index in [1.54, 1.807) is 12.4 Å². The molecule has 1 aliphatic rings. The van der Waals surface area contributed by atoms with Crippen molar-refractivity contribution in [2.45, 2.75) is 12.8 Å². The number of aryl methyl sites for hydroxylation is 1. The summed E-state index contributed by atoms with van der Waals surface area (Å²) in [5.74, 6) is 0.875. The Morgan fingerprint density at radius 1 is 1.00 bits per heavy atom. The number of benzene rings is 1. The van der Waals surface area contributed by atoms with Crippen LogP contribution in [0.3, 0.4) is 0 Å². The lowest BCUT2D eigenvalue weighted by atomic mass is 10.2. The van der Waals surface area contributed by atoms with Crippen molar-refractivity contribution in [3.8, 4) is 5.69 Å². The lowest BCUT2D eigenvalue weighted by molar-refractivity contribution is -0.121. The largest absolute Gasteiger partial charge is 0.355 e. The second kappa shape index (κ2) is 9.98. The topological polar surface area (TPSA) is 79.2 Å². The van der Waals surface area contributed by atoms with Crippen LogP contribution in [0, 0.1) is 0 Å². The van der Waals surface area contributed by atoms with E-state index < -0.39 is 0 Å².